The SMILES string of the molecule is Cc1ncc(CO)c(CNCCOc2ccccc2)c1O. The Bertz CT molecular complexity index is 573. The Labute approximate surface area is 124 Å². The molecule has 0 saturated carbocycles. The molecule has 0 aliphatic carbocycles. The molecule has 0 radical (unpaired) electrons. The minimum atomic E-state index is -0.141. The molecular formula is C16H20N2O3. The first kappa shape index (κ1) is 15.3. The summed E-state index contributed by atoms with van der Waals surface area (Å²) in [5.74, 6) is 0.968. The fraction of sp³-hybridized carbons (Fsp3) is 0.312. The van der Waals surface area contributed by atoms with E-state index >= 15 is 0 Å². The first-order chi connectivity index (χ1) is 10.2. The number of hydrogen-bond donors (Lipinski definition) is 3. The van der Waals surface area contributed by atoms with Crippen LogP contribution in [0.4, 0.5) is 0 Å². The molecule has 0 aliphatic rings. The van der Waals surface area contributed by atoms with Crippen molar-refractivity contribution in [1.29, 1.82) is 0 Å². The Morgan fingerprint density at radius 2 is 2.00 bits per heavy atom. The van der Waals surface area contributed by atoms with Gasteiger partial charge in [0.25, 0.3) is 0 Å². The maximum atomic E-state index is 10.00. The lowest BCUT2D eigenvalue weighted by atomic mass is 10.1. The largest absolute Gasteiger partial charge is 0.506 e. The Balaban J connectivity index is 1.82. The summed E-state index contributed by atoms with van der Waals surface area (Å²) in [6, 6.07) is 9.60. The molecule has 0 spiro atoms. The monoisotopic (exact) mass is 288 g/mol. The van der Waals surface area contributed by atoms with Crippen molar-refractivity contribution in [3.8, 4) is 11.5 Å². The molecule has 1 aromatic heterocycles. The number of nitrogens with one attached hydrogen (secondary N) is 1. The van der Waals surface area contributed by atoms with Gasteiger partial charge in [-0.1, -0.05) is 18.2 Å². The number of pyridine rings is 1. The first-order valence-corrected chi connectivity index (χ1v) is 6.88. The van der Waals surface area contributed by atoms with Gasteiger partial charge >= 0.3 is 0 Å². The highest BCUT2D eigenvalue weighted by molar-refractivity contribution is 5.40. The van der Waals surface area contributed by atoms with Crippen molar-refractivity contribution in [3.63, 3.8) is 0 Å². The minimum Gasteiger partial charge on any atom is -0.506 e. The van der Waals surface area contributed by atoms with Crippen LogP contribution in [-0.4, -0.2) is 28.3 Å². The maximum absolute atomic E-state index is 10.00. The number of aliphatic hydroxyl groups is 1. The second-order valence-electron chi connectivity index (χ2n) is 4.69. The fourth-order valence-electron chi connectivity index (χ4n) is 1.99. The third-order valence-electron chi connectivity index (χ3n) is 3.19. The summed E-state index contributed by atoms with van der Waals surface area (Å²) in [6.45, 7) is 3.23. The normalized spacial score (nSPS) is 10.6. The average molecular weight is 288 g/mol. The van der Waals surface area contributed by atoms with Gasteiger partial charge in [0.15, 0.2) is 0 Å². The number of ether oxygens (including phenoxy) is 1. The number of benzene rings is 1. The van der Waals surface area contributed by atoms with Gasteiger partial charge in [-0.2, -0.15) is 0 Å². The quantitative estimate of drug-likeness (QED) is 0.677. The molecule has 1 aromatic carbocycles. The topological polar surface area (TPSA) is 74.6 Å². The Hall–Kier alpha value is -2.11. The molecule has 0 saturated heterocycles. The van der Waals surface area contributed by atoms with Crippen LogP contribution >= 0.6 is 0 Å². The average Bonchev–Trinajstić information content (AvgIpc) is 2.52. The van der Waals surface area contributed by atoms with E-state index in [0.717, 1.165) is 5.75 Å². The van der Waals surface area contributed by atoms with Crippen molar-refractivity contribution < 1.29 is 14.9 Å². The van der Waals surface area contributed by atoms with Crippen LogP contribution in [0.3, 0.4) is 0 Å². The van der Waals surface area contributed by atoms with E-state index in [1.807, 2.05) is 30.3 Å². The zero-order valence-corrected chi connectivity index (χ0v) is 12.0. The van der Waals surface area contributed by atoms with Gasteiger partial charge in [0, 0.05) is 30.4 Å². The Kier molecular flexibility index (Phi) is 5.54. The molecule has 2 aromatic rings. The smallest absolute Gasteiger partial charge is 0.141 e. The van der Waals surface area contributed by atoms with Crippen LogP contribution in [0, 0.1) is 6.92 Å². The number of aryl methyl sites for hydroxylation is 1. The van der Waals surface area contributed by atoms with Crippen LogP contribution in [0.2, 0.25) is 0 Å². The molecule has 3 N–H and O–H groups in total. The van der Waals surface area contributed by atoms with Crippen LogP contribution in [0.15, 0.2) is 36.5 Å². The van der Waals surface area contributed by atoms with E-state index in [-0.39, 0.29) is 12.4 Å². The fourth-order valence-corrected chi connectivity index (χ4v) is 1.99. The summed E-state index contributed by atoms with van der Waals surface area (Å²) in [7, 11) is 0. The van der Waals surface area contributed by atoms with E-state index in [1.165, 1.54) is 0 Å². The number of rotatable bonds is 7. The highest BCUT2D eigenvalue weighted by Gasteiger charge is 2.10. The summed E-state index contributed by atoms with van der Waals surface area (Å²) < 4.78 is 5.57. The van der Waals surface area contributed by atoms with Gasteiger partial charge in [0.2, 0.25) is 0 Å². The highest BCUT2D eigenvalue weighted by Crippen LogP contribution is 2.23. The number of aliphatic hydroxyl groups excluding tert-OH is 1. The lowest BCUT2D eigenvalue weighted by Crippen LogP contribution is -2.21. The Morgan fingerprint density at radius 1 is 1.24 bits per heavy atom. The molecule has 0 aliphatic heterocycles. The zero-order valence-electron chi connectivity index (χ0n) is 12.0. The van der Waals surface area contributed by atoms with Gasteiger partial charge in [-0.3, -0.25) is 4.98 Å². The van der Waals surface area contributed by atoms with Crippen molar-refractivity contribution in [2.75, 3.05) is 13.2 Å². The van der Waals surface area contributed by atoms with Gasteiger partial charge < -0.3 is 20.3 Å². The van der Waals surface area contributed by atoms with E-state index in [0.29, 0.717) is 36.5 Å². The van der Waals surface area contributed by atoms with Crippen molar-refractivity contribution in [3.05, 3.63) is 53.3 Å². The Morgan fingerprint density at radius 3 is 2.71 bits per heavy atom. The van der Waals surface area contributed by atoms with Gasteiger partial charge in [-0.05, 0) is 19.1 Å². The van der Waals surface area contributed by atoms with Crippen molar-refractivity contribution in [1.82, 2.24) is 10.3 Å². The molecule has 0 unspecified atom stereocenters. The van der Waals surface area contributed by atoms with Gasteiger partial charge in [-0.25, -0.2) is 0 Å². The molecular weight excluding hydrogens is 268 g/mol. The summed E-state index contributed by atoms with van der Waals surface area (Å²) in [6.07, 6.45) is 1.59. The number of aromatic hydroxyl groups is 1. The summed E-state index contributed by atoms with van der Waals surface area (Å²) >= 11 is 0. The molecule has 21 heavy (non-hydrogen) atoms. The van der Waals surface area contributed by atoms with E-state index in [2.05, 4.69) is 10.3 Å². The maximum Gasteiger partial charge on any atom is 0.141 e. The molecule has 5 heteroatoms. The van der Waals surface area contributed by atoms with Crippen molar-refractivity contribution >= 4 is 0 Å². The number of aromatic nitrogens is 1. The molecule has 2 rings (SSSR count). The van der Waals surface area contributed by atoms with Crippen LogP contribution < -0.4 is 10.1 Å². The molecule has 0 fully saturated rings. The predicted molar refractivity (Wildman–Crippen MR) is 80.2 cm³/mol. The van der Waals surface area contributed by atoms with Crippen LogP contribution in [0.25, 0.3) is 0 Å². The van der Waals surface area contributed by atoms with E-state index in [9.17, 15) is 10.2 Å². The lowest BCUT2D eigenvalue weighted by Gasteiger charge is -2.12. The zero-order chi connectivity index (χ0) is 15.1. The van der Waals surface area contributed by atoms with E-state index in [4.69, 9.17) is 4.74 Å². The van der Waals surface area contributed by atoms with E-state index < -0.39 is 0 Å². The van der Waals surface area contributed by atoms with Crippen molar-refractivity contribution in [2.45, 2.75) is 20.1 Å². The number of hydrogen-bond acceptors (Lipinski definition) is 5. The minimum absolute atomic E-state index is 0.137. The predicted octanol–water partition coefficient (Wildman–Crippen LogP) is 1.76. The number of para-hydroxylation sites is 1. The summed E-state index contributed by atoms with van der Waals surface area (Å²) in [5.41, 5.74) is 1.88. The third-order valence-corrected chi connectivity index (χ3v) is 3.19. The van der Waals surface area contributed by atoms with Crippen LogP contribution in [0.1, 0.15) is 16.8 Å². The molecule has 0 amide bonds. The second kappa shape index (κ2) is 7.61. The van der Waals surface area contributed by atoms with Gasteiger partial charge in [-0.15, -0.1) is 0 Å². The first-order valence-electron chi connectivity index (χ1n) is 6.88. The standard InChI is InChI=1S/C16H20N2O3/c1-12-16(20)15(13(11-19)9-18-12)10-17-7-8-21-14-5-3-2-4-6-14/h2-6,9,17,19-20H,7-8,10-11H2,1H3. The van der Waals surface area contributed by atoms with Crippen LogP contribution in [-0.2, 0) is 13.2 Å². The lowest BCUT2D eigenvalue weighted by molar-refractivity contribution is 0.278. The van der Waals surface area contributed by atoms with Crippen molar-refractivity contribution in [2.24, 2.45) is 0 Å². The molecule has 112 valence electrons. The van der Waals surface area contributed by atoms with E-state index in [1.54, 1.807) is 13.1 Å². The van der Waals surface area contributed by atoms with Crippen LogP contribution in [0.5, 0.6) is 11.5 Å². The number of nitrogens with zero attached hydrogens (tertiary/aromatic N) is 1. The molecule has 0 bridgehead atoms. The summed E-state index contributed by atoms with van der Waals surface area (Å²) in [5, 5.41) is 22.5. The highest BCUT2D eigenvalue weighted by atomic mass is 16.5. The molecule has 1 heterocycles. The molecule has 5 nitrogen and oxygen atoms in total. The summed E-state index contributed by atoms with van der Waals surface area (Å²) in [4.78, 5) is 4.03. The third kappa shape index (κ3) is 4.18. The molecule has 0 atom stereocenters. The van der Waals surface area contributed by atoms with Gasteiger partial charge in [0.1, 0.15) is 18.1 Å². The van der Waals surface area contributed by atoms with Gasteiger partial charge in [0.05, 0.1) is 12.3 Å². The second-order valence-corrected chi connectivity index (χ2v) is 4.69.